The molecule has 2 heterocycles. The second kappa shape index (κ2) is 2.98. The van der Waals surface area contributed by atoms with E-state index in [9.17, 15) is 13.2 Å². The Bertz CT molecular complexity index is 475. The number of rotatable bonds is 0. The number of nitrogens with zero attached hydrogens (tertiary/aromatic N) is 2. The number of hydrogen-bond donors (Lipinski definition) is 0. The standard InChI is InChI=1S/C8H4BrF3N2/c9-6-4-14-2-1-5(8(10,11)12)3-7(14)13-6/h1-4H. The van der Waals surface area contributed by atoms with E-state index in [-0.39, 0.29) is 5.65 Å². The first-order valence-electron chi connectivity index (χ1n) is 3.68. The molecule has 0 spiro atoms. The summed E-state index contributed by atoms with van der Waals surface area (Å²) >= 11 is 3.09. The molecule has 2 rings (SSSR count). The molecule has 74 valence electrons. The van der Waals surface area contributed by atoms with Crippen LogP contribution in [0.2, 0.25) is 0 Å². The first kappa shape index (κ1) is 9.51. The summed E-state index contributed by atoms with van der Waals surface area (Å²) in [4.78, 5) is 3.87. The van der Waals surface area contributed by atoms with Gasteiger partial charge in [-0.1, -0.05) is 0 Å². The van der Waals surface area contributed by atoms with Crippen molar-refractivity contribution >= 4 is 21.6 Å². The summed E-state index contributed by atoms with van der Waals surface area (Å²) in [5.74, 6) is 0. The van der Waals surface area contributed by atoms with E-state index < -0.39 is 11.7 Å². The van der Waals surface area contributed by atoms with Gasteiger partial charge in [0.1, 0.15) is 10.3 Å². The van der Waals surface area contributed by atoms with Crippen molar-refractivity contribution in [2.75, 3.05) is 0 Å². The molecule has 0 saturated heterocycles. The zero-order chi connectivity index (χ0) is 10.3. The van der Waals surface area contributed by atoms with Crippen LogP contribution in [0, 0.1) is 0 Å². The monoisotopic (exact) mass is 264 g/mol. The third-order valence-electron chi connectivity index (χ3n) is 1.76. The number of hydrogen-bond acceptors (Lipinski definition) is 1. The molecule has 2 nitrogen and oxygen atoms in total. The number of imidazole rings is 1. The van der Waals surface area contributed by atoms with Crippen LogP contribution in [0.1, 0.15) is 5.56 Å². The van der Waals surface area contributed by atoms with Crippen molar-refractivity contribution in [1.29, 1.82) is 0 Å². The van der Waals surface area contributed by atoms with Crippen LogP contribution in [0.25, 0.3) is 5.65 Å². The van der Waals surface area contributed by atoms with Crippen LogP contribution in [0.5, 0.6) is 0 Å². The lowest BCUT2D eigenvalue weighted by molar-refractivity contribution is -0.137. The van der Waals surface area contributed by atoms with Gasteiger partial charge in [-0.25, -0.2) is 4.98 Å². The predicted molar refractivity (Wildman–Crippen MR) is 47.9 cm³/mol. The lowest BCUT2D eigenvalue weighted by atomic mass is 10.2. The van der Waals surface area contributed by atoms with Crippen LogP contribution >= 0.6 is 15.9 Å². The van der Waals surface area contributed by atoms with E-state index in [1.807, 2.05) is 0 Å². The van der Waals surface area contributed by atoms with Gasteiger partial charge in [0.15, 0.2) is 0 Å². The number of pyridine rings is 1. The molecule has 0 atom stereocenters. The van der Waals surface area contributed by atoms with Gasteiger partial charge in [0, 0.05) is 12.4 Å². The van der Waals surface area contributed by atoms with Crippen LogP contribution in [0.15, 0.2) is 29.1 Å². The Kier molecular flexibility index (Phi) is 2.02. The zero-order valence-electron chi connectivity index (χ0n) is 6.72. The van der Waals surface area contributed by atoms with Gasteiger partial charge in [0.25, 0.3) is 0 Å². The van der Waals surface area contributed by atoms with Crippen LogP contribution in [0.4, 0.5) is 13.2 Å². The Morgan fingerprint density at radius 3 is 2.71 bits per heavy atom. The fraction of sp³-hybridized carbons (Fsp3) is 0.125. The van der Waals surface area contributed by atoms with Crippen molar-refractivity contribution in [3.8, 4) is 0 Å². The first-order chi connectivity index (χ1) is 6.47. The molecule has 0 saturated carbocycles. The van der Waals surface area contributed by atoms with Crippen LogP contribution in [-0.4, -0.2) is 9.38 Å². The van der Waals surface area contributed by atoms with E-state index in [1.165, 1.54) is 10.6 Å². The Balaban J connectivity index is 2.62. The average Bonchev–Trinajstić information content (AvgIpc) is 2.41. The molecule has 0 amide bonds. The molecule has 2 aromatic rings. The summed E-state index contributed by atoms with van der Waals surface area (Å²) in [6.45, 7) is 0. The van der Waals surface area contributed by atoms with Gasteiger partial charge in [-0.3, -0.25) is 0 Å². The number of alkyl halides is 3. The molecule has 0 aromatic carbocycles. The topological polar surface area (TPSA) is 17.3 Å². The quantitative estimate of drug-likeness (QED) is 0.715. The molecule has 2 aromatic heterocycles. The van der Waals surface area contributed by atoms with Gasteiger partial charge < -0.3 is 4.40 Å². The average molecular weight is 265 g/mol. The summed E-state index contributed by atoms with van der Waals surface area (Å²) in [7, 11) is 0. The minimum atomic E-state index is -4.32. The number of halogens is 4. The zero-order valence-corrected chi connectivity index (χ0v) is 8.30. The van der Waals surface area contributed by atoms with Crippen molar-refractivity contribution in [2.24, 2.45) is 0 Å². The highest BCUT2D eigenvalue weighted by molar-refractivity contribution is 9.10. The Labute approximate surface area is 85.5 Å². The molecule has 0 unspecified atom stereocenters. The van der Waals surface area contributed by atoms with Crippen molar-refractivity contribution < 1.29 is 13.2 Å². The molecule has 0 bridgehead atoms. The number of aromatic nitrogens is 2. The lowest BCUT2D eigenvalue weighted by Gasteiger charge is -2.05. The van der Waals surface area contributed by atoms with Crippen LogP contribution in [-0.2, 0) is 6.18 Å². The Hall–Kier alpha value is -1.04. The summed E-state index contributed by atoms with van der Waals surface area (Å²) in [6, 6.07) is 2.02. The summed E-state index contributed by atoms with van der Waals surface area (Å²) in [5.41, 5.74) is -0.421. The lowest BCUT2D eigenvalue weighted by Crippen LogP contribution is -2.05. The molecule has 0 radical (unpaired) electrons. The molecular weight excluding hydrogens is 261 g/mol. The molecule has 14 heavy (non-hydrogen) atoms. The van der Waals surface area contributed by atoms with Crippen LogP contribution in [0.3, 0.4) is 0 Å². The maximum Gasteiger partial charge on any atom is 0.416 e. The highest BCUT2D eigenvalue weighted by Crippen LogP contribution is 2.29. The van der Waals surface area contributed by atoms with E-state index >= 15 is 0 Å². The maximum atomic E-state index is 12.3. The normalized spacial score (nSPS) is 12.3. The van der Waals surface area contributed by atoms with Crippen LogP contribution < -0.4 is 0 Å². The van der Waals surface area contributed by atoms with Gasteiger partial charge in [0.2, 0.25) is 0 Å². The molecule has 0 aliphatic carbocycles. The second-order valence-electron chi connectivity index (χ2n) is 2.74. The van der Waals surface area contributed by atoms with E-state index in [1.54, 1.807) is 6.20 Å². The van der Waals surface area contributed by atoms with Crippen molar-refractivity contribution in [3.05, 3.63) is 34.7 Å². The fourth-order valence-electron chi connectivity index (χ4n) is 1.13. The molecular formula is C8H4BrF3N2. The van der Waals surface area contributed by atoms with E-state index in [0.29, 0.717) is 4.60 Å². The molecule has 6 heteroatoms. The molecule has 0 aliphatic heterocycles. The van der Waals surface area contributed by atoms with E-state index in [0.717, 1.165) is 12.1 Å². The summed E-state index contributed by atoms with van der Waals surface area (Å²) < 4.78 is 38.8. The van der Waals surface area contributed by atoms with Gasteiger partial charge >= 0.3 is 6.18 Å². The predicted octanol–water partition coefficient (Wildman–Crippen LogP) is 3.12. The van der Waals surface area contributed by atoms with Gasteiger partial charge in [0.05, 0.1) is 5.56 Å². The smallest absolute Gasteiger partial charge is 0.306 e. The molecule has 0 aliphatic rings. The number of fused-ring (bicyclic) bond motifs is 1. The molecule has 0 fully saturated rings. The van der Waals surface area contributed by atoms with E-state index in [2.05, 4.69) is 20.9 Å². The van der Waals surface area contributed by atoms with E-state index in [4.69, 9.17) is 0 Å². The minimum absolute atomic E-state index is 0.270. The van der Waals surface area contributed by atoms with Gasteiger partial charge in [-0.2, -0.15) is 13.2 Å². The molecule has 0 N–H and O–H groups in total. The SMILES string of the molecule is FC(F)(F)c1ccn2cc(Br)nc2c1. The second-order valence-corrected chi connectivity index (χ2v) is 3.55. The third-order valence-corrected chi connectivity index (χ3v) is 2.14. The third kappa shape index (κ3) is 1.61. The van der Waals surface area contributed by atoms with Gasteiger partial charge in [-0.05, 0) is 28.1 Å². The van der Waals surface area contributed by atoms with Crippen molar-refractivity contribution in [2.45, 2.75) is 6.18 Å². The van der Waals surface area contributed by atoms with Crippen molar-refractivity contribution in [1.82, 2.24) is 9.38 Å². The Morgan fingerprint density at radius 1 is 1.36 bits per heavy atom. The largest absolute Gasteiger partial charge is 0.416 e. The highest BCUT2D eigenvalue weighted by atomic mass is 79.9. The first-order valence-corrected chi connectivity index (χ1v) is 4.47. The highest BCUT2D eigenvalue weighted by Gasteiger charge is 2.30. The summed E-state index contributed by atoms with van der Waals surface area (Å²) in [6.07, 6.45) is -1.40. The van der Waals surface area contributed by atoms with Crippen molar-refractivity contribution in [3.63, 3.8) is 0 Å². The summed E-state index contributed by atoms with van der Waals surface area (Å²) in [5, 5.41) is 0. The minimum Gasteiger partial charge on any atom is -0.306 e. The maximum absolute atomic E-state index is 12.3. The Morgan fingerprint density at radius 2 is 2.07 bits per heavy atom. The fourth-order valence-corrected chi connectivity index (χ4v) is 1.53. The van der Waals surface area contributed by atoms with Gasteiger partial charge in [-0.15, -0.1) is 0 Å².